The van der Waals surface area contributed by atoms with Crippen LogP contribution in [0.2, 0.25) is 0 Å². The number of benzene rings is 2. The summed E-state index contributed by atoms with van der Waals surface area (Å²) in [4.78, 5) is 27.8. The predicted molar refractivity (Wildman–Crippen MR) is 132 cm³/mol. The molecule has 35 heavy (non-hydrogen) atoms. The van der Waals surface area contributed by atoms with Crippen LogP contribution in [-0.2, 0) is 22.6 Å². The van der Waals surface area contributed by atoms with E-state index < -0.39 is 24.4 Å². The lowest BCUT2D eigenvalue weighted by atomic mass is 10.0. The lowest BCUT2D eigenvalue weighted by Gasteiger charge is -2.37. The van der Waals surface area contributed by atoms with Crippen LogP contribution in [-0.4, -0.2) is 60.9 Å². The van der Waals surface area contributed by atoms with E-state index in [0.29, 0.717) is 31.8 Å². The molecule has 0 bridgehead atoms. The first-order chi connectivity index (χ1) is 16.5. The largest absolute Gasteiger partial charge is 0.497 e. The fourth-order valence-electron chi connectivity index (χ4n) is 3.73. The third-order valence-corrected chi connectivity index (χ3v) is 6.44. The maximum absolute atomic E-state index is 13.3. The first-order valence-corrected chi connectivity index (χ1v) is 12.0. The zero-order valence-corrected chi connectivity index (χ0v) is 21.5. The molecule has 1 N–H and O–H groups in total. The maximum atomic E-state index is 13.3. The molecule has 2 unspecified atom stereocenters. The molecule has 1 fully saturated rings. The van der Waals surface area contributed by atoms with Gasteiger partial charge in [-0.1, -0.05) is 24.3 Å². The van der Waals surface area contributed by atoms with Crippen LogP contribution in [0.5, 0.6) is 5.75 Å². The van der Waals surface area contributed by atoms with Crippen LogP contribution in [0.1, 0.15) is 24.0 Å². The molecular formula is C24H27F3IN3O4. The summed E-state index contributed by atoms with van der Waals surface area (Å²) < 4.78 is 48.9. The van der Waals surface area contributed by atoms with Gasteiger partial charge < -0.3 is 19.7 Å². The van der Waals surface area contributed by atoms with Crippen LogP contribution in [0.4, 0.5) is 18.0 Å². The van der Waals surface area contributed by atoms with Crippen LogP contribution in [0.25, 0.3) is 0 Å². The minimum absolute atomic E-state index is 0.0595. The van der Waals surface area contributed by atoms with Crippen molar-refractivity contribution in [1.82, 2.24) is 15.1 Å². The number of carbonyl (C=O) groups excluding carboxylic acids is 2. The molecule has 2 atom stereocenters. The topological polar surface area (TPSA) is 71.1 Å². The number of alkyl halides is 3. The molecule has 1 saturated heterocycles. The van der Waals surface area contributed by atoms with Crippen molar-refractivity contribution in [2.75, 3.05) is 20.7 Å². The molecule has 0 saturated carbocycles. The first kappa shape index (κ1) is 27.1. The van der Waals surface area contributed by atoms with Crippen molar-refractivity contribution >= 4 is 34.6 Å². The SMILES string of the molecule is COc1ccc(CN(Cc2ccc(I)cc2)C(=O)NC2CCN(C)C(OC(=O)C(F)(F)F)C2)cc1. The number of piperidine rings is 1. The van der Waals surface area contributed by atoms with E-state index in [9.17, 15) is 22.8 Å². The van der Waals surface area contributed by atoms with Gasteiger partial charge in [-0.2, -0.15) is 13.2 Å². The van der Waals surface area contributed by atoms with Gasteiger partial charge in [0.05, 0.1) is 7.11 Å². The second-order valence-corrected chi connectivity index (χ2v) is 9.59. The Morgan fingerprint density at radius 3 is 2.20 bits per heavy atom. The molecular weight excluding hydrogens is 578 g/mol. The van der Waals surface area contributed by atoms with Crippen LogP contribution >= 0.6 is 22.6 Å². The van der Waals surface area contributed by atoms with E-state index in [-0.39, 0.29) is 12.5 Å². The summed E-state index contributed by atoms with van der Waals surface area (Å²) in [6.45, 7) is 1.03. The number of esters is 1. The van der Waals surface area contributed by atoms with Crippen molar-refractivity contribution in [3.8, 4) is 5.75 Å². The quantitative estimate of drug-likeness (QED) is 0.371. The number of methoxy groups -OCH3 is 1. The molecule has 0 aliphatic carbocycles. The lowest BCUT2D eigenvalue weighted by Crippen LogP contribution is -2.53. The van der Waals surface area contributed by atoms with Crippen molar-refractivity contribution < 1.29 is 32.2 Å². The van der Waals surface area contributed by atoms with E-state index in [1.54, 1.807) is 19.1 Å². The van der Waals surface area contributed by atoms with Gasteiger partial charge in [0.15, 0.2) is 6.23 Å². The van der Waals surface area contributed by atoms with Crippen molar-refractivity contribution in [2.24, 2.45) is 0 Å². The van der Waals surface area contributed by atoms with Crippen molar-refractivity contribution in [3.63, 3.8) is 0 Å². The summed E-state index contributed by atoms with van der Waals surface area (Å²) in [6, 6.07) is 14.4. The fourth-order valence-corrected chi connectivity index (χ4v) is 4.09. The monoisotopic (exact) mass is 605 g/mol. The zero-order valence-electron chi connectivity index (χ0n) is 19.3. The van der Waals surface area contributed by atoms with E-state index in [0.717, 1.165) is 14.7 Å². The molecule has 0 radical (unpaired) electrons. The lowest BCUT2D eigenvalue weighted by molar-refractivity contribution is -0.214. The molecule has 1 aliphatic rings. The number of urea groups is 1. The molecule has 1 heterocycles. The molecule has 0 aromatic heterocycles. The van der Waals surface area contributed by atoms with Gasteiger partial charge in [-0.15, -0.1) is 0 Å². The molecule has 2 amide bonds. The number of carbonyl (C=O) groups is 2. The highest BCUT2D eigenvalue weighted by Gasteiger charge is 2.44. The van der Waals surface area contributed by atoms with Crippen molar-refractivity contribution in [1.29, 1.82) is 0 Å². The van der Waals surface area contributed by atoms with E-state index in [1.807, 2.05) is 48.5 Å². The van der Waals surface area contributed by atoms with Crippen LogP contribution in [0.15, 0.2) is 48.5 Å². The van der Waals surface area contributed by atoms with Crippen LogP contribution in [0.3, 0.4) is 0 Å². The van der Waals surface area contributed by atoms with Crippen molar-refractivity contribution in [2.45, 2.75) is 44.4 Å². The molecule has 3 rings (SSSR count). The van der Waals surface area contributed by atoms with Gasteiger partial charge in [-0.3, -0.25) is 4.90 Å². The Hall–Kier alpha value is -2.54. The van der Waals surface area contributed by atoms with Gasteiger partial charge >= 0.3 is 18.2 Å². The van der Waals surface area contributed by atoms with Gasteiger partial charge in [0.2, 0.25) is 0 Å². The fraction of sp³-hybridized carbons (Fsp3) is 0.417. The second-order valence-electron chi connectivity index (χ2n) is 8.34. The highest BCUT2D eigenvalue weighted by Crippen LogP contribution is 2.23. The van der Waals surface area contributed by atoms with Crippen LogP contribution in [0, 0.1) is 3.57 Å². The minimum Gasteiger partial charge on any atom is -0.497 e. The van der Waals surface area contributed by atoms with Crippen molar-refractivity contribution in [3.05, 3.63) is 63.2 Å². The number of rotatable bonds is 7. The van der Waals surface area contributed by atoms with Gasteiger partial charge in [-0.05, 0) is 71.5 Å². The standard InChI is InChI=1S/C24H27F3IN3O4/c1-30-12-11-19(13-21(30)35-22(32)24(25,26)27)29-23(33)31(14-16-3-7-18(28)8-4-16)15-17-5-9-20(34-2)10-6-17/h3-10,19,21H,11-15H2,1-2H3,(H,29,33). The Labute approximate surface area is 215 Å². The molecule has 1 aliphatic heterocycles. The molecule has 2 aromatic rings. The molecule has 2 aromatic carbocycles. The molecule has 11 heteroatoms. The Morgan fingerprint density at radius 1 is 1.09 bits per heavy atom. The summed E-state index contributed by atoms with van der Waals surface area (Å²) in [5, 5.41) is 2.92. The highest BCUT2D eigenvalue weighted by atomic mass is 127. The Bertz CT molecular complexity index is 1000. The normalized spacial score (nSPS) is 18.6. The first-order valence-electron chi connectivity index (χ1n) is 11.0. The maximum Gasteiger partial charge on any atom is 0.490 e. The number of halogens is 4. The molecule has 0 spiro atoms. The third kappa shape index (κ3) is 7.99. The zero-order chi connectivity index (χ0) is 25.6. The third-order valence-electron chi connectivity index (χ3n) is 5.72. The number of nitrogens with one attached hydrogen (secondary N) is 1. The summed E-state index contributed by atoms with van der Waals surface area (Å²) in [7, 11) is 3.16. The predicted octanol–water partition coefficient (Wildman–Crippen LogP) is 4.54. The average molecular weight is 605 g/mol. The average Bonchev–Trinajstić information content (AvgIpc) is 2.82. The Balaban J connectivity index is 1.70. The number of hydrogen-bond acceptors (Lipinski definition) is 5. The number of nitrogens with zero attached hydrogens (tertiary/aromatic N) is 2. The summed E-state index contributed by atoms with van der Waals surface area (Å²) in [5.74, 6) is -1.53. The van der Waals surface area contributed by atoms with Gasteiger partial charge in [0.25, 0.3) is 0 Å². The minimum atomic E-state index is -5.07. The van der Waals surface area contributed by atoms with E-state index in [1.165, 1.54) is 4.90 Å². The summed E-state index contributed by atoms with van der Waals surface area (Å²) >= 11 is 2.21. The number of hydrogen-bond donors (Lipinski definition) is 1. The van der Waals surface area contributed by atoms with Gasteiger partial charge in [0.1, 0.15) is 5.75 Å². The highest BCUT2D eigenvalue weighted by molar-refractivity contribution is 14.1. The van der Waals surface area contributed by atoms with Crippen LogP contribution < -0.4 is 10.1 Å². The van der Waals surface area contributed by atoms with Gasteiger partial charge in [-0.25, -0.2) is 9.59 Å². The second kappa shape index (κ2) is 11.9. The number of ether oxygens (including phenoxy) is 2. The van der Waals surface area contributed by atoms with Gasteiger partial charge in [0, 0.05) is 35.7 Å². The molecule has 190 valence electrons. The Morgan fingerprint density at radius 2 is 1.66 bits per heavy atom. The van der Waals surface area contributed by atoms with E-state index in [2.05, 4.69) is 32.6 Å². The smallest absolute Gasteiger partial charge is 0.490 e. The summed E-state index contributed by atoms with van der Waals surface area (Å²) in [6.07, 6.45) is -5.57. The Kier molecular flexibility index (Phi) is 9.22. The summed E-state index contributed by atoms with van der Waals surface area (Å²) in [5.41, 5.74) is 1.83. The van der Waals surface area contributed by atoms with E-state index >= 15 is 0 Å². The van der Waals surface area contributed by atoms with E-state index in [4.69, 9.17) is 4.74 Å². The molecule has 7 nitrogen and oxygen atoms in total. The number of amides is 2. The number of likely N-dealkylation sites (tertiary alicyclic amines) is 1.